The van der Waals surface area contributed by atoms with E-state index >= 15 is 0 Å². The fraction of sp³-hybridized carbons (Fsp3) is 0.467. The second-order valence-corrected chi connectivity index (χ2v) is 6.51. The predicted molar refractivity (Wildman–Crippen MR) is 78.5 cm³/mol. The van der Waals surface area contributed by atoms with E-state index in [-0.39, 0.29) is 17.6 Å². The zero-order valence-electron chi connectivity index (χ0n) is 11.7. The Labute approximate surface area is 131 Å². The first-order valence-electron chi connectivity index (χ1n) is 7.40. The lowest BCUT2D eigenvalue weighted by atomic mass is 10.00. The first-order chi connectivity index (χ1) is 10.6. The molecule has 0 aliphatic heterocycles. The molecule has 0 radical (unpaired) electrons. The lowest BCUT2D eigenvalue weighted by Gasteiger charge is -2.12. The number of carbonyl (C=O) groups is 1. The van der Waals surface area contributed by atoms with E-state index in [2.05, 4.69) is 20.6 Å². The normalized spacial score (nSPS) is 25.0. The predicted octanol–water partition coefficient (Wildman–Crippen LogP) is 2.28. The second-order valence-electron chi connectivity index (χ2n) is 6.10. The Hall–Kier alpha value is -1.79. The van der Waals surface area contributed by atoms with E-state index in [0.29, 0.717) is 27.9 Å². The van der Waals surface area contributed by atoms with Gasteiger partial charge in [-0.15, -0.1) is 10.2 Å². The number of aliphatic hydroxyl groups excluding tert-OH is 1. The van der Waals surface area contributed by atoms with Crippen molar-refractivity contribution >= 4 is 17.4 Å². The van der Waals surface area contributed by atoms with Gasteiger partial charge in [-0.25, -0.2) is 0 Å². The average Bonchev–Trinajstić information content (AvgIpc) is 3.45. The SMILES string of the molecule is O=C(c1ccc(C(O)C2CC2)c(Cl)c1)C1CC1c1nn[nH]n1. The number of hydrogen-bond donors (Lipinski definition) is 2. The highest BCUT2D eigenvalue weighted by molar-refractivity contribution is 6.31. The fourth-order valence-electron chi connectivity index (χ4n) is 2.90. The lowest BCUT2D eigenvalue weighted by Crippen LogP contribution is -2.06. The number of hydrogen-bond acceptors (Lipinski definition) is 5. The zero-order chi connectivity index (χ0) is 15.3. The van der Waals surface area contributed by atoms with Crippen molar-refractivity contribution in [3.05, 3.63) is 40.2 Å². The maximum atomic E-state index is 12.5. The van der Waals surface area contributed by atoms with Crippen LogP contribution in [0, 0.1) is 11.8 Å². The third kappa shape index (κ3) is 2.42. The quantitative estimate of drug-likeness (QED) is 0.825. The van der Waals surface area contributed by atoms with E-state index in [9.17, 15) is 9.90 Å². The number of ketones is 1. The Morgan fingerprint density at radius 2 is 2.23 bits per heavy atom. The highest BCUT2D eigenvalue weighted by Crippen LogP contribution is 2.48. The van der Waals surface area contributed by atoms with Gasteiger partial charge in [-0.05, 0) is 36.8 Å². The van der Waals surface area contributed by atoms with Gasteiger partial charge < -0.3 is 5.11 Å². The molecule has 114 valence electrons. The van der Waals surface area contributed by atoms with Crippen molar-refractivity contribution in [1.29, 1.82) is 0 Å². The summed E-state index contributed by atoms with van der Waals surface area (Å²) < 4.78 is 0. The average molecular weight is 319 g/mol. The molecule has 3 atom stereocenters. The van der Waals surface area contributed by atoms with Gasteiger partial charge in [-0.1, -0.05) is 28.9 Å². The fourth-order valence-corrected chi connectivity index (χ4v) is 3.19. The van der Waals surface area contributed by atoms with E-state index in [1.165, 1.54) is 0 Å². The first-order valence-corrected chi connectivity index (χ1v) is 7.78. The van der Waals surface area contributed by atoms with Gasteiger partial charge in [0.1, 0.15) is 0 Å². The molecule has 2 N–H and O–H groups in total. The maximum absolute atomic E-state index is 12.5. The molecular formula is C15H15ClN4O2. The van der Waals surface area contributed by atoms with Crippen LogP contribution in [0.5, 0.6) is 0 Å². The summed E-state index contributed by atoms with van der Waals surface area (Å²) >= 11 is 6.25. The standard InChI is InChI=1S/C15H15ClN4O2/c16-12-5-8(3-4-9(12)13(21)7-1-2-7)14(22)10-6-11(10)15-17-19-20-18-15/h3-5,7,10-11,13,21H,1-2,6H2,(H,17,18,19,20). The molecular weight excluding hydrogens is 304 g/mol. The monoisotopic (exact) mass is 318 g/mol. The van der Waals surface area contributed by atoms with E-state index in [4.69, 9.17) is 11.6 Å². The second kappa shape index (κ2) is 5.14. The van der Waals surface area contributed by atoms with Gasteiger partial charge >= 0.3 is 0 Å². The van der Waals surface area contributed by atoms with Crippen LogP contribution in [0.15, 0.2) is 18.2 Å². The number of aliphatic hydroxyl groups is 1. The molecule has 0 amide bonds. The third-order valence-electron chi connectivity index (χ3n) is 4.49. The number of benzene rings is 1. The highest BCUT2D eigenvalue weighted by Gasteiger charge is 2.47. The van der Waals surface area contributed by atoms with Crippen molar-refractivity contribution in [2.75, 3.05) is 0 Å². The minimum atomic E-state index is -0.523. The molecule has 2 aromatic rings. The van der Waals surface area contributed by atoms with Crippen LogP contribution in [0.25, 0.3) is 0 Å². The number of Topliss-reactive ketones (excluding diaryl/α,β-unsaturated/α-hetero) is 1. The van der Waals surface area contributed by atoms with Crippen molar-refractivity contribution in [2.45, 2.75) is 31.3 Å². The molecule has 22 heavy (non-hydrogen) atoms. The molecule has 1 aromatic carbocycles. The van der Waals surface area contributed by atoms with Gasteiger partial charge in [0.15, 0.2) is 11.6 Å². The molecule has 6 nitrogen and oxygen atoms in total. The largest absolute Gasteiger partial charge is 0.388 e. The molecule has 0 saturated heterocycles. The van der Waals surface area contributed by atoms with Gasteiger partial charge in [0.2, 0.25) is 0 Å². The number of carbonyl (C=O) groups excluding carboxylic acids is 1. The lowest BCUT2D eigenvalue weighted by molar-refractivity contribution is 0.0964. The van der Waals surface area contributed by atoms with Crippen LogP contribution in [0.2, 0.25) is 5.02 Å². The minimum Gasteiger partial charge on any atom is -0.388 e. The molecule has 2 aliphatic rings. The summed E-state index contributed by atoms with van der Waals surface area (Å²) in [5, 5.41) is 24.4. The summed E-state index contributed by atoms with van der Waals surface area (Å²) in [6, 6.07) is 5.18. The smallest absolute Gasteiger partial charge is 0.178 e. The molecule has 7 heteroatoms. The number of tetrazole rings is 1. The van der Waals surface area contributed by atoms with Gasteiger partial charge in [0.05, 0.1) is 6.10 Å². The number of aromatic nitrogens is 4. The summed E-state index contributed by atoms with van der Waals surface area (Å²) in [7, 11) is 0. The minimum absolute atomic E-state index is 0.0433. The molecule has 2 fully saturated rings. The number of rotatable bonds is 5. The summed E-state index contributed by atoms with van der Waals surface area (Å²) in [5.74, 6) is 0.883. The molecule has 2 aliphatic carbocycles. The van der Waals surface area contributed by atoms with Crippen LogP contribution >= 0.6 is 11.6 Å². The molecule has 2 saturated carbocycles. The topological polar surface area (TPSA) is 91.8 Å². The van der Waals surface area contributed by atoms with Crippen molar-refractivity contribution in [3.63, 3.8) is 0 Å². The van der Waals surface area contributed by atoms with E-state index in [1.54, 1.807) is 18.2 Å². The Morgan fingerprint density at radius 3 is 2.86 bits per heavy atom. The first kappa shape index (κ1) is 13.8. The van der Waals surface area contributed by atoms with E-state index < -0.39 is 6.10 Å². The third-order valence-corrected chi connectivity index (χ3v) is 4.82. The molecule has 3 unspecified atom stereocenters. The van der Waals surface area contributed by atoms with Gasteiger partial charge in [0, 0.05) is 22.4 Å². The van der Waals surface area contributed by atoms with Crippen molar-refractivity contribution in [3.8, 4) is 0 Å². The van der Waals surface area contributed by atoms with Crippen molar-refractivity contribution < 1.29 is 9.90 Å². The van der Waals surface area contributed by atoms with Crippen LogP contribution in [0.3, 0.4) is 0 Å². The van der Waals surface area contributed by atoms with Gasteiger partial charge in [-0.2, -0.15) is 5.21 Å². The number of H-pyrrole nitrogens is 1. The molecule has 1 heterocycles. The van der Waals surface area contributed by atoms with Gasteiger partial charge in [0.25, 0.3) is 0 Å². The Bertz CT molecular complexity index is 714. The molecule has 0 spiro atoms. The zero-order valence-corrected chi connectivity index (χ0v) is 12.5. The van der Waals surface area contributed by atoms with Crippen LogP contribution in [-0.2, 0) is 0 Å². The van der Waals surface area contributed by atoms with Crippen LogP contribution in [-0.4, -0.2) is 31.5 Å². The van der Waals surface area contributed by atoms with E-state index in [0.717, 1.165) is 19.3 Å². The summed E-state index contributed by atoms with van der Waals surface area (Å²) in [4.78, 5) is 12.5. The van der Waals surface area contributed by atoms with Crippen LogP contribution < -0.4 is 0 Å². The Morgan fingerprint density at radius 1 is 1.41 bits per heavy atom. The Balaban J connectivity index is 1.51. The number of halogens is 1. The number of aromatic amines is 1. The van der Waals surface area contributed by atoms with Crippen LogP contribution in [0.1, 0.15) is 53.0 Å². The number of nitrogens with one attached hydrogen (secondary N) is 1. The molecule has 0 bridgehead atoms. The summed E-state index contributed by atoms with van der Waals surface area (Å²) in [5.41, 5.74) is 1.29. The van der Waals surface area contributed by atoms with Crippen molar-refractivity contribution in [1.82, 2.24) is 20.6 Å². The molecule has 4 rings (SSSR count). The van der Waals surface area contributed by atoms with Crippen LogP contribution in [0.4, 0.5) is 0 Å². The van der Waals surface area contributed by atoms with E-state index in [1.807, 2.05) is 0 Å². The van der Waals surface area contributed by atoms with Crippen molar-refractivity contribution in [2.24, 2.45) is 11.8 Å². The maximum Gasteiger partial charge on any atom is 0.178 e. The summed E-state index contributed by atoms with van der Waals surface area (Å²) in [6.07, 6.45) is 2.28. The summed E-state index contributed by atoms with van der Waals surface area (Å²) in [6.45, 7) is 0. The van der Waals surface area contributed by atoms with Gasteiger partial charge in [-0.3, -0.25) is 4.79 Å². The molecule has 1 aromatic heterocycles. The Kier molecular flexibility index (Phi) is 3.23. The highest BCUT2D eigenvalue weighted by atomic mass is 35.5. The number of nitrogens with zero attached hydrogens (tertiary/aromatic N) is 3.